The normalized spacial score (nSPS) is 10.7. The molecule has 0 atom stereocenters. The Morgan fingerprint density at radius 3 is 1.73 bits per heavy atom. The van der Waals surface area contributed by atoms with Crippen molar-refractivity contribution in [1.82, 2.24) is 0 Å². The quantitative estimate of drug-likeness (QED) is 0.522. The fourth-order valence-corrected chi connectivity index (χ4v) is 2.89. The van der Waals surface area contributed by atoms with Gasteiger partial charge in [0.1, 0.15) is 0 Å². The molecule has 0 heterocycles. The summed E-state index contributed by atoms with van der Waals surface area (Å²) in [5.41, 5.74) is 10.6. The predicted molar refractivity (Wildman–Crippen MR) is 96.3 cm³/mol. The van der Waals surface area contributed by atoms with Gasteiger partial charge in [0.2, 0.25) is 0 Å². The van der Waals surface area contributed by atoms with E-state index in [-0.39, 0.29) is 0 Å². The molecule has 0 bridgehead atoms. The molecule has 0 N–H and O–H groups in total. The SMILES string of the molecule is Cc1ccc(-c2ccc(C)c(-c3ccccc3C)c2)cc1C. The summed E-state index contributed by atoms with van der Waals surface area (Å²) in [6.45, 7) is 8.70. The summed E-state index contributed by atoms with van der Waals surface area (Å²) in [7, 11) is 0. The fourth-order valence-electron chi connectivity index (χ4n) is 2.89. The molecular weight excluding hydrogens is 264 g/mol. The summed E-state index contributed by atoms with van der Waals surface area (Å²) >= 11 is 0. The number of aryl methyl sites for hydroxylation is 4. The first-order valence-electron chi connectivity index (χ1n) is 7.80. The van der Waals surface area contributed by atoms with E-state index in [1.807, 2.05) is 0 Å². The maximum atomic E-state index is 2.32. The largest absolute Gasteiger partial charge is 0.0620 e. The zero-order valence-electron chi connectivity index (χ0n) is 13.8. The third-order valence-corrected chi connectivity index (χ3v) is 4.51. The van der Waals surface area contributed by atoms with Crippen molar-refractivity contribution in [1.29, 1.82) is 0 Å². The molecule has 0 saturated heterocycles. The van der Waals surface area contributed by atoms with Crippen LogP contribution in [-0.2, 0) is 0 Å². The van der Waals surface area contributed by atoms with Gasteiger partial charge in [-0.1, -0.05) is 54.6 Å². The lowest BCUT2D eigenvalue weighted by Gasteiger charge is -2.12. The van der Waals surface area contributed by atoms with E-state index in [1.165, 1.54) is 44.5 Å². The van der Waals surface area contributed by atoms with Crippen molar-refractivity contribution >= 4 is 0 Å². The van der Waals surface area contributed by atoms with Crippen LogP contribution in [-0.4, -0.2) is 0 Å². The summed E-state index contributed by atoms with van der Waals surface area (Å²) in [5, 5.41) is 0. The van der Waals surface area contributed by atoms with Crippen molar-refractivity contribution in [3.05, 3.63) is 82.9 Å². The molecule has 0 fully saturated rings. The Bertz CT molecular complexity index is 825. The topological polar surface area (TPSA) is 0 Å². The lowest BCUT2D eigenvalue weighted by molar-refractivity contribution is 1.34. The zero-order valence-corrected chi connectivity index (χ0v) is 13.8. The van der Waals surface area contributed by atoms with Crippen LogP contribution in [0.1, 0.15) is 22.3 Å². The van der Waals surface area contributed by atoms with E-state index >= 15 is 0 Å². The average Bonchev–Trinajstić information content (AvgIpc) is 2.51. The third kappa shape index (κ3) is 2.69. The van der Waals surface area contributed by atoms with E-state index in [0.29, 0.717) is 0 Å². The van der Waals surface area contributed by atoms with Crippen LogP contribution in [0.3, 0.4) is 0 Å². The van der Waals surface area contributed by atoms with Crippen molar-refractivity contribution in [3.63, 3.8) is 0 Å². The standard InChI is InChI=1S/C22H22/c1-15-9-11-19(13-18(15)4)20-12-10-17(3)22(14-20)21-8-6-5-7-16(21)2/h5-14H,1-4H3. The average molecular weight is 286 g/mol. The van der Waals surface area contributed by atoms with Gasteiger partial charge < -0.3 is 0 Å². The van der Waals surface area contributed by atoms with Crippen molar-refractivity contribution < 1.29 is 0 Å². The van der Waals surface area contributed by atoms with Crippen molar-refractivity contribution in [2.45, 2.75) is 27.7 Å². The highest BCUT2D eigenvalue weighted by atomic mass is 14.1. The minimum absolute atomic E-state index is 1.28. The molecule has 3 aromatic carbocycles. The molecule has 0 aliphatic rings. The Hall–Kier alpha value is -2.34. The maximum Gasteiger partial charge on any atom is -0.0146 e. The third-order valence-electron chi connectivity index (χ3n) is 4.51. The minimum atomic E-state index is 1.28. The molecular formula is C22H22. The maximum absolute atomic E-state index is 2.32. The van der Waals surface area contributed by atoms with Crippen LogP contribution in [0.5, 0.6) is 0 Å². The van der Waals surface area contributed by atoms with Gasteiger partial charge in [-0.25, -0.2) is 0 Å². The molecule has 110 valence electrons. The lowest BCUT2D eigenvalue weighted by Crippen LogP contribution is -1.89. The van der Waals surface area contributed by atoms with Crippen molar-refractivity contribution in [2.24, 2.45) is 0 Å². The molecule has 0 aliphatic heterocycles. The zero-order chi connectivity index (χ0) is 15.7. The van der Waals surface area contributed by atoms with E-state index < -0.39 is 0 Å². The molecule has 0 aliphatic carbocycles. The second-order valence-corrected chi connectivity index (χ2v) is 6.14. The Morgan fingerprint density at radius 2 is 1.05 bits per heavy atom. The van der Waals surface area contributed by atoms with Crippen LogP contribution in [0.2, 0.25) is 0 Å². The predicted octanol–water partition coefficient (Wildman–Crippen LogP) is 6.25. The summed E-state index contributed by atoms with van der Waals surface area (Å²) < 4.78 is 0. The van der Waals surface area contributed by atoms with E-state index in [4.69, 9.17) is 0 Å². The van der Waals surface area contributed by atoms with Crippen LogP contribution in [0.15, 0.2) is 60.7 Å². The minimum Gasteiger partial charge on any atom is -0.0620 e. The van der Waals surface area contributed by atoms with Gasteiger partial charge in [0.05, 0.1) is 0 Å². The molecule has 0 spiro atoms. The van der Waals surface area contributed by atoms with Gasteiger partial charge in [0, 0.05) is 0 Å². The van der Waals surface area contributed by atoms with Crippen LogP contribution < -0.4 is 0 Å². The molecule has 0 heteroatoms. The Balaban J connectivity index is 2.14. The molecule has 0 unspecified atom stereocenters. The molecule has 0 radical (unpaired) electrons. The highest BCUT2D eigenvalue weighted by molar-refractivity contribution is 5.77. The Kier molecular flexibility index (Phi) is 3.85. The van der Waals surface area contributed by atoms with Gasteiger partial charge in [-0.15, -0.1) is 0 Å². The number of benzene rings is 3. The van der Waals surface area contributed by atoms with E-state index in [1.54, 1.807) is 0 Å². The smallest absolute Gasteiger partial charge is 0.0146 e. The molecule has 0 aromatic heterocycles. The van der Waals surface area contributed by atoms with Crippen LogP contribution in [0.25, 0.3) is 22.3 Å². The van der Waals surface area contributed by atoms with Crippen molar-refractivity contribution in [2.75, 3.05) is 0 Å². The summed E-state index contributed by atoms with van der Waals surface area (Å²) in [5.74, 6) is 0. The highest BCUT2D eigenvalue weighted by Crippen LogP contribution is 2.31. The molecule has 0 nitrogen and oxygen atoms in total. The first kappa shape index (κ1) is 14.6. The number of rotatable bonds is 2. The molecule has 22 heavy (non-hydrogen) atoms. The van der Waals surface area contributed by atoms with Gasteiger partial charge in [-0.2, -0.15) is 0 Å². The van der Waals surface area contributed by atoms with E-state index in [2.05, 4.69) is 88.4 Å². The molecule has 0 amide bonds. The highest BCUT2D eigenvalue weighted by Gasteiger charge is 2.07. The molecule has 3 aromatic rings. The number of hydrogen-bond acceptors (Lipinski definition) is 0. The van der Waals surface area contributed by atoms with Gasteiger partial charge in [0.15, 0.2) is 0 Å². The first-order valence-corrected chi connectivity index (χ1v) is 7.80. The molecule has 3 rings (SSSR count). The summed E-state index contributed by atoms with van der Waals surface area (Å²) in [6.07, 6.45) is 0. The number of hydrogen-bond donors (Lipinski definition) is 0. The van der Waals surface area contributed by atoms with Crippen molar-refractivity contribution in [3.8, 4) is 22.3 Å². The lowest BCUT2D eigenvalue weighted by atomic mass is 9.92. The van der Waals surface area contributed by atoms with Gasteiger partial charge in [0.25, 0.3) is 0 Å². The van der Waals surface area contributed by atoms with Gasteiger partial charge in [-0.05, 0) is 78.3 Å². The Morgan fingerprint density at radius 1 is 0.455 bits per heavy atom. The summed E-state index contributed by atoms with van der Waals surface area (Å²) in [4.78, 5) is 0. The second kappa shape index (κ2) is 5.81. The van der Waals surface area contributed by atoms with Crippen LogP contribution >= 0.6 is 0 Å². The molecule has 0 saturated carbocycles. The van der Waals surface area contributed by atoms with Crippen LogP contribution in [0, 0.1) is 27.7 Å². The van der Waals surface area contributed by atoms with Crippen LogP contribution in [0.4, 0.5) is 0 Å². The van der Waals surface area contributed by atoms with E-state index in [0.717, 1.165) is 0 Å². The fraction of sp³-hybridized carbons (Fsp3) is 0.182. The summed E-state index contributed by atoms with van der Waals surface area (Å²) in [6, 6.07) is 22.1. The monoisotopic (exact) mass is 286 g/mol. The van der Waals surface area contributed by atoms with E-state index in [9.17, 15) is 0 Å². The second-order valence-electron chi connectivity index (χ2n) is 6.14. The van der Waals surface area contributed by atoms with Gasteiger partial charge in [-0.3, -0.25) is 0 Å². The Labute approximate surface area is 133 Å². The van der Waals surface area contributed by atoms with Gasteiger partial charge >= 0.3 is 0 Å². The first-order chi connectivity index (χ1) is 10.6.